The first-order chi connectivity index (χ1) is 17.7. The van der Waals surface area contributed by atoms with Crippen LogP contribution < -0.4 is 5.32 Å². The largest absolute Gasteiger partial charge is 0.325 e. The van der Waals surface area contributed by atoms with E-state index in [0.717, 1.165) is 16.3 Å². The molecule has 37 heavy (non-hydrogen) atoms. The average molecular weight is 528 g/mol. The Morgan fingerprint density at radius 2 is 1.86 bits per heavy atom. The van der Waals surface area contributed by atoms with Crippen molar-refractivity contribution in [3.05, 3.63) is 89.1 Å². The zero-order valence-corrected chi connectivity index (χ0v) is 22.1. The molecule has 0 saturated heterocycles. The lowest BCUT2D eigenvalue weighted by Gasteiger charge is -2.40. The van der Waals surface area contributed by atoms with E-state index in [1.165, 1.54) is 11.8 Å². The number of thioether (sulfide) groups is 1. The Morgan fingerprint density at radius 1 is 1.14 bits per heavy atom. The molecule has 1 N–H and O–H groups in total. The van der Waals surface area contributed by atoms with Gasteiger partial charge in [0.15, 0.2) is 0 Å². The van der Waals surface area contributed by atoms with Crippen molar-refractivity contribution in [2.24, 2.45) is 22.2 Å². The molecule has 1 unspecified atom stereocenters. The Kier molecular flexibility index (Phi) is 6.94. The Hall–Kier alpha value is -3.40. The molecule has 0 fully saturated rings. The van der Waals surface area contributed by atoms with Gasteiger partial charge in [-0.05, 0) is 46.0 Å². The zero-order valence-electron chi connectivity index (χ0n) is 20.6. The van der Waals surface area contributed by atoms with Gasteiger partial charge in [0.05, 0.1) is 22.8 Å². The number of nitrogens with one attached hydrogen (secondary N) is 1. The molecule has 5 rings (SSSR count). The molecule has 1 amide bonds. The number of halogens is 1. The third kappa shape index (κ3) is 5.34. The summed E-state index contributed by atoms with van der Waals surface area (Å²) in [4.78, 5) is 31.0. The molecule has 0 aromatic heterocycles. The number of aliphatic imine (C=N–C) groups is 1. The van der Waals surface area contributed by atoms with Crippen molar-refractivity contribution in [2.45, 2.75) is 26.2 Å². The third-order valence-electron chi connectivity index (χ3n) is 6.84. The molecule has 3 aromatic carbocycles. The summed E-state index contributed by atoms with van der Waals surface area (Å²) in [6, 6.07) is 23.5. The number of hydrogen-bond acceptors (Lipinski definition) is 5. The molecule has 1 heterocycles. The van der Waals surface area contributed by atoms with Crippen molar-refractivity contribution >= 4 is 56.6 Å². The predicted molar refractivity (Wildman–Crippen MR) is 151 cm³/mol. The topological polar surface area (TPSA) is 82.3 Å². The number of fused-ring (bicyclic) bond motifs is 2. The van der Waals surface area contributed by atoms with Gasteiger partial charge < -0.3 is 5.32 Å². The summed E-state index contributed by atoms with van der Waals surface area (Å²) < 4.78 is 0. The molecular weight excluding hydrogens is 502 g/mol. The molecule has 1 aliphatic heterocycles. The fourth-order valence-electron chi connectivity index (χ4n) is 5.23. The number of allylic oxidation sites excluding steroid dienone is 2. The highest BCUT2D eigenvalue weighted by Gasteiger charge is 2.47. The van der Waals surface area contributed by atoms with Gasteiger partial charge >= 0.3 is 0 Å². The van der Waals surface area contributed by atoms with Gasteiger partial charge in [-0.2, -0.15) is 5.26 Å². The second kappa shape index (κ2) is 10.2. The monoisotopic (exact) mass is 527 g/mol. The fourth-order valence-corrected chi connectivity index (χ4v) is 6.25. The van der Waals surface area contributed by atoms with Crippen LogP contribution in [-0.2, 0) is 9.59 Å². The first-order valence-electron chi connectivity index (χ1n) is 12.1. The summed E-state index contributed by atoms with van der Waals surface area (Å²) in [6.07, 6.45) is 2.45. The van der Waals surface area contributed by atoms with Gasteiger partial charge in [0.2, 0.25) is 5.91 Å². The molecule has 0 bridgehead atoms. The van der Waals surface area contributed by atoms with Gasteiger partial charge in [0.1, 0.15) is 11.7 Å². The summed E-state index contributed by atoms with van der Waals surface area (Å²) in [5.41, 5.74) is 1.95. The molecule has 186 valence electrons. The molecule has 0 radical (unpaired) electrons. The van der Waals surface area contributed by atoms with E-state index in [1.54, 1.807) is 12.1 Å². The maximum absolute atomic E-state index is 13.3. The molecule has 3 aromatic rings. The number of carbonyl (C=O) groups is 2. The number of amides is 1. The summed E-state index contributed by atoms with van der Waals surface area (Å²) in [6.45, 7) is 4.03. The first kappa shape index (κ1) is 25.3. The minimum atomic E-state index is -0.646. The molecule has 1 aliphatic carbocycles. The quantitative estimate of drug-likeness (QED) is 0.396. The van der Waals surface area contributed by atoms with E-state index in [9.17, 15) is 14.9 Å². The standard InChI is InChI=1S/C30H26ClN3O2S/c1-30(2)14-24-28(25(35)15-30)27(19-7-10-21(31)11-8-19)23(16-32)29(34-24)37-17-26(36)33-22-12-9-18-5-3-4-6-20(18)13-22/h3-14,23,27-28H,15,17H2,1-2H3,(H,33,36)/t23?,27-,28-/m0/s1. The molecule has 7 heteroatoms. The van der Waals surface area contributed by atoms with Crippen LogP contribution in [0.3, 0.4) is 0 Å². The highest BCUT2D eigenvalue weighted by atomic mass is 35.5. The van der Waals surface area contributed by atoms with Gasteiger partial charge in [-0.3, -0.25) is 9.59 Å². The SMILES string of the molecule is CC1(C)C=C2N=C(SCC(=O)Nc3ccc4ccccc4c3)C(C#N)[C@H](c3ccc(Cl)cc3)[C@@H]2C(=O)C1. The van der Waals surface area contributed by atoms with Crippen molar-refractivity contribution in [3.63, 3.8) is 0 Å². The summed E-state index contributed by atoms with van der Waals surface area (Å²) in [5.74, 6) is -1.52. The van der Waals surface area contributed by atoms with E-state index in [2.05, 4.69) is 11.4 Å². The van der Waals surface area contributed by atoms with E-state index in [0.29, 0.717) is 27.9 Å². The van der Waals surface area contributed by atoms with Gasteiger partial charge in [0, 0.05) is 28.7 Å². The van der Waals surface area contributed by atoms with E-state index < -0.39 is 11.8 Å². The number of Topliss-reactive ketones (excluding diaryl/α,β-unsaturated/α-hetero) is 1. The fraction of sp³-hybridized carbons (Fsp3) is 0.267. The van der Waals surface area contributed by atoms with E-state index in [1.807, 2.05) is 74.5 Å². The second-order valence-corrected chi connectivity index (χ2v) is 11.6. The van der Waals surface area contributed by atoms with Crippen LogP contribution in [0.15, 0.2) is 83.5 Å². The summed E-state index contributed by atoms with van der Waals surface area (Å²) >= 11 is 7.38. The van der Waals surface area contributed by atoms with Crippen LogP contribution >= 0.6 is 23.4 Å². The van der Waals surface area contributed by atoms with Crippen molar-refractivity contribution in [1.29, 1.82) is 5.26 Å². The van der Waals surface area contributed by atoms with E-state index in [4.69, 9.17) is 16.6 Å². The third-order valence-corrected chi connectivity index (χ3v) is 8.14. The molecular formula is C30H26ClN3O2S. The highest BCUT2D eigenvalue weighted by Crippen LogP contribution is 2.49. The van der Waals surface area contributed by atoms with Gasteiger partial charge in [-0.1, -0.05) is 85.8 Å². The molecule has 3 atom stereocenters. The normalized spacial score (nSPS) is 22.4. The van der Waals surface area contributed by atoms with E-state index >= 15 is 0 Å². The number of hydrogen-bond donors (Lipinski definition) is 1. The summed E-state index contributed by atoms with van der Waals surface area (Å²) in [5, 5.41) is 16.5. The number of nitrogens with zero attached hydrogens (tertiary/aromatic N) is 2. The zero-order chi connectivity index (χ0) is 26.2. The maximum Gasteiger partial charge on any atom is 0.234 e. The Balaban J connectivity index is 1.41. The summed E-state index contributed by atoms with van der Waals surface area (Å²) in [7, 11) is 0. The lowest BCUT2D eigenvalue weighted by atomic mass is 9.66. The highest BCUT2D eigenvalue weighted by molar-refractivity contribution is 8.14. The van der Waals surface area contributed by atoms with Gasteiger partial charge in [0.25, 0.3) is 0 Å². The minimum Gasteiger partial charge on any atom is -0.325 e. The lowest BCUT2D eigenvalue weighted by Crippen LogP contribution is -2.40. The molecule has 5 nitrogen and oxygen atoms in total. The van der Waals surface area contributed by atoms with Crippen LogP contribution in [0, 0.1) is 28.6 Å². The van der Waals surface area contributed by atoms with Crippen LogP contribution in [-0.4, -0.2) is 22.5 Å². The number of ketones is 1. The molecule has 0 saturated carbocycles. The van der Waals surface area contributed by atoms with E-state index in [-0.39, 0.29) is 28.8 Å². The number of rotatable bonds is 4. The Bertz CT molecular complexity index is 1490. The molecule has 0 spiro atoms. The van der Waals surface area contributed by atoms with Crippen molar-refractivity contribution < 1.29 is 9.59 Å². The smallest absolute Gasteiger partial charge is 0.234 e. The second-order valence-electron chi connectivity index (χ2n) is 10.2. The predicted octanol–water partition coefficient (Wildman–Crippen LogP) is 7.00. The number of anilines is 1. The van der Waals surface area contributed by atoms with Crippen LogP contribution in [0.2, 0.25) is 5.02 Å². The maximum atomic E-state index is 13.3. The average Bonchev–Trinajstić information content (AvgIpc) is 2.86. The number of benzene rings is 3. The number of carbonyl (C=O) groups excluding carboxylic acids is 2. The van der Waals surface area contributed by atoms with Crippen molar-refractivity contribution in [1.82, 2.24) is 0 Å². The molecule has 2 aliphatic rings. The van der Waals surface area contributed by atoms with Gasteiger partial charge in [-0.25, -0.2) is 4.99 Å². The Labute approximate surface area is 225 Å². The van der Waals surface area contributed by atoms with Gasteiger partial charge in [-0.15, -0.1) is 0 Å². The van der Waals surface area contributed by atoms with Crippen molar-refractivity contribution in [3.8, 4) is 6.07 Å². The van der Waals surface area contributed by atoms with Crippen LogP contribution in [0.5, 0.6) is 0 Å². The Morgan fingerprint density at radius 3 is 2.59 bits per heavy atom. The van der Waals surface area contributed by atoms with Crippen LogP contribution in [0.1, 0.15) is 31.7 Å². The van der Waals surface area contributed by atoms with Crippen LogP contribution in [0.25, 0.3) is 10.8 Å². The van der Waals surface area contributed by atoms with Crippen molar-refractivity contribution in [2.75, 3.05) is 11.1 Å². The minimum absolute atomic E-state index is 0.0875. The first-order valence-corrected chi connectivity index (χ1v) is 13.5. The number of nitriles is 1. The van der Waals surface area contributed by atoms with Crippen LogP contribution in [0.4, 0.5) is 5.69 Å². The lowest BCUT2D eigenvalue weighted by molar-refractivity contribution is -0.124.